The van der Waals surface area contributed by atoms with Crippen LogP contribution in [0.4, 0.5) is 11.4 Å². The molecule has 0 fully saturated rings. The van der Waals surface area contributed by atoms with Crippen LogP contribution in [0.25, 0.3) is 20.8 Å². The Morgan fingerprint density at radius 3 is 2.61 bits per heavy atom. The Bertz CT molecular complexity index is 1280. The Labute approximate surface area is 182 Å². The van der Waals surface area contributed by atoms with Gasteiger partial charge in [0.25, 0.3) is 5.91 Å². The van der Waals surface area contributed by atoms with E-state index in [1.54, 1.807) is 30.4 Å². The highest BCUT2D eigenvalue weighted by Crippen LogP contribution is 2.32. The van der Waals surface area contributed by atoms with Crippen LogP contribution in [0.2, 0.25) is 0 Å². The van der Waals surface area contributed by atoms with Gasteiger partial charge in [0.15, 0.2) is 5.75 Å². The molecule has 1 aromatic heterocycles. The number of benzene rings is 3. The molecule has 8 heteroatoms. The number of nitro groups is 1. The van der Waals surface area contributed by atoms with E-state index in [1.165, 1.54) is 23.8 Å². The van der Waals surface area contributed by atoms with Crippen LogP contribution >= 0.6 is 11.3 Å². The summed E-state index contributed by atoms with van der Waals surface area (Å²) in [5.41, 5.74) is 3.63. The van der Waals surface area contributed by atoms with Gasteiger partial charge in [-0.15, -0.1) is 11.3 Å². The van der Waals surface area contributed by atoms with Crippen molar-refractivity contribution in [2.24, 2.45) is 0 Å². The van der Waals surface area contributed by atoms with E-state index in [1.807, 2.05) is 24.3 Å². The fraction of sp³-hybridized carbons (Fsp3) is 0.130. The van der Waals surface area contributed by atoms with Gasteiger partial charge in [-0.2, -0.15) is 0 Å². The smallest absolute Gasteiger partial charge is 0.311 e. The number of amides is 1. The average molecular weight is 433 g/mol. The second-order valence-corrected chi connectivity index (χ2v) is 7.92. The van der Waals surface area contributed by atoms with Gasteiger partial charge in [-0.3, -0.25) is 14.9 Å². The number of aryl methyl sites for hydroxylation is 1. The molecule has 0 saturated carbocycles. The lowest BCUT2D eigenvalue weighted by molar-refractivity contribution is -0.385. The summed E-state index contributed by atoms with van der Waals surface area (Å²) in [5.74, 6) is -0.297. The number of carbonyl (C=O) groups excluding carboxylic acids is 1. The molecule has 4 aromatic rings. The van der Waals surface area contributed by atoms with Crippen molar-refractivity contribution in [1.82, 2.24) is 4.98 Å². The maximum Gasteiger partial charge on any atom is 0.311 e. The van der Waals surface area contributed by atoms with Crippen LogP contribution in [0.15, 0.2) is 60.7 Å². The van der Waals surface area contributed by atoms with Gasteiger partial charge in [0.1, 0.15) is 5.01 Å². The third kappa shape index (κ3) is 4.39. The van der Waals surface area contributed by atoms with Crippen molar-refractivity contribution in [1.29, 1.82) is 0 Å². The van der Waals surface area contributed by atoms with E-state index in [2.05, 4.69) is 23.3 Å². The number of rotatable bonds is 6. The number of ether oxygens (including phenoxy) is 1. The summed E-state index contributed by atoms with van der Waals surface area (Å²) in [6.07, 6.45) is 0. The maximum absolute atomic E-state index is 12.6. The molecule has 0 saturated heterocycles. The van der Waals surface area contributed by atoms with Crippen LogP contribution in [-0.2, 0) is 0 Å². The molecule has 0 spiro atoms. The lowest BCUT2D eigenvalue weighted by atomic mass is 10.1. The van der Waals surface area contributed by atoms with E-state index < -0.39 is 10.8 Å². The summed E-state index contributed by atoms with van der Waals surface area (Å²) in [5, 5.41) is 14.9. The first-order valence-electron chi connectivity index (χ1n) is 9.65. The maximum atomic E-state index is 12.6. The second-order valence-electron chi connectivity index (χ2n) is 6.89. The Kier molecular flexibility index (Phi) is 5.64. The average Bonchev–Trinajstić information content (AvgIpc) is 3.17. The first-order valence-corrected chi connectivity index (χ1v) is 10.5. The Morgan fingerprint density at radius 1 is 1.13 bits per heavy atom. The molecule has 1 heterocycles. The van der Waals surface area contributed by atoms with E-state index in [9.17, 15) is 14.9 Å². The molecule has 7 nitrogen and oxygen atoms in total. The highest BCUT2D eigenvalue weighted by Gasteiger charge is 2.19. The molecule has 4 rings (SSSR count). The lowest BCUT2D eigenvalue weighted by Crippen LogP contribution is -2.12. The molecular weight excluding hydrogens is 414 g/mol. The minimum Gasteiger partial charge on any atom is -0.487 e. The molecule has 0 aliphatic carbocycles. The molecular formula is C23H19N3O4S. The van der Waals surface area contributed by atoms with Gasteiger partial charge in [-0.25, -0.2) is 4.98 Å². The molecule has 0 bridgehead atoms. The minimum atomic E-state index is -0.559. The van der Waals surface area contributed by atoms with E-state index in [-0.39, 0.29) is 17.0 Å². The van der Waals surface area contributed by atoms with Crippen LogP contribution in [0, 0.1) is 17.0 Å². The number of fused-ring (bicyclic) bond motifs is 1. The van der Waals surface area contributed by atoms with Crippen molar-refractivity contribution in [3.8, 4) is 16.3 Å². The summed E-state index contributed by atoms with van der Waals surface area (Å²) >= 11 is 1.62. The third-order valence-electron chi connectivity index (χ3n) is 4.65. The van der Waals surface area contributed by atoms with E-state index in [0.29, 0.717) is 12.3 Å². The molecule has 0 radical (unpaired) electrons. The molecule has 1 amide bonds. The van der Waals surface area contributed by atoms with Crippen LogP contribution in [0.1, 0.15) is 22.8 Å². The number of nitrogens with zero attached hydrogens (tertiary/aromatic N) is 2. The van der Waals surface area contributed by atoms with Crippen molar-refractivity contribution in [3.63, 3.8) is 0 Å². The van der Waals surface area contributed by atoms with E-state index in [4.69, 9.17) is 4.74 Å². The molecule has 0 unspecified atom stereocenters. The van der Waals surface area contributed by atoms with Crippen LogP contribution in [0.5, 0.6) is 5.75 Å². The van der Waals surface area contributed by atoms with Crippen molar-refractivity contribution in [2.75, 3.05) is 11.9 Å². The van der Waals surface area contributed by atoms with Crippen molar-refractivity contribution in [2.45, 2.75) is 13.8 Å². The Hall–Kier alpha value is -3.78. The van der Waals surface area contributed by atoms with Crippen LogP contribution in [0.3, 0.4) is 0 Å². The summed E-state index contributed by atoms with van der Waals surface area (Å²) in [6.45, 7) is 4.09. The molecule has 0 atom stereocenters. The van der Waals surface area contributed by atoms with Crippen LogP contribution in [-0.4, -0.2) is 22.4 Å². The van der Waals surface area contributed by atoms with Gasteiger partial charge in [0.2, 0.25) is 0 Å². The minimum absolute atomic E-state index is 0.138. The molecule has 1 N–H and O–H groups in total. The zero-order chi connectivity index (χ0) is 22.0. The first-order chi connectivity index (χ1) is 14.9. The van der Waals surface area contributed by atoms with Gasteiger partial charge < -0.3 is 10.1 Å². The van der Waals surface area contributed by atoms with Crippen molar-refractivity contribution in [3.05, 3.63) is 81.9 Å². The zero-order valence-corrected chi connectivity index (χ0v) is 17.7. The largest absolute Gasteiger partial charge is 0.487 e. The number of anilines is 1. The van der Waals surface area contributed by atoms with Crippen LogP contribution < -0.4 is 10.1 Å². The highest BCUT2D eigenvalue weighted by molar-refractivity contribution is 7.21. The quantitative estimate of drug-likeness (QED) is 0.305. The van der Waals surface area contributed by atoms with Gasteiger partial charge in [-0.05, 0) is 67.9 Å². The van der Waals surface area contributed by atoms with Gasteiger partial charge in [0, 0.05) is 22.9 Å². The Morgan fingerprint density at radius 2 is 1.90 bits per heavy atom. The highest BCUT2D eigenvalue weighted by atomic mass is 32.1. The summed E-state index contributed by atoms with van der Waals surface area (Å²) in [6, 6.07) is 17.7. The normalized spacial score (nSPS) is 10.8. The fourth-order valence-electron chi connectivity index (χ4n) is 3.13. The summed E-state index contributed by atoms with van der Waals surface area (Å²) in [4.78, 5) is 28.0. The number of carbonyl (C=O) groups is 1. The number of hydrogen-bond acceptors (Lipinski definition) is 6. The number of nitro benzene ring substituents is 1. The number of hydrogen-bond donors (Lipinski definition) is 1. The second kappa shape index (κ2) is 8.53. The van der Waals surface area contributed by atoms with Gasteiger partial charge in [-0.1, -0.05) is 6.07 Å². The first kappa shape index (κ1) is 20.5. The number of thiazole rings is 1. The molecule has 31 heavy (non-hydrogen) atoms. The van der Waals surface area contributed by atoms with Crippen molar-refractivity contribution < 1.29 is 14.5 Å². The monoisotopic (exact) mass is 433 g/mol. The Balaban J connectivity index is 1.52. The fourth-order valence-corrected chi connectivity index (χ4v) is 4.20. The van der Waals surface area contributed by atoms with Gasteiger partial charge >= 0.3 is 5.69 Å². The molecule has 156 valence electrons. The third-order valence-corrected chi connectivity index (χ3v) is 5.72. The lowest BCUT2D eigenvalue weighted by Gasteiger charge is -2.08. The van der Waals surface area contributed by atoms with E-state index in [0.717, 1.165) is 20.8 Å². The molecule has 0 aliphatic rings. The van der Waals surface area contributed by atoms with Crippen molar-refractivity contribution >= 4 is 38.8 Å². The zero-order valence-electron chi connectivity index (χ0n) is 16.9. The predicted octanol–water partition coefficient (Wildman–Crippen LogP) is 5.83. The number of aromatic nitrogens is 1. The SMILES string of the molecule is CCOc1ccc(C(=O)Nc2ccc(-c3nc4ccc(C)cc4s3)cc2)cc1[N+](=O)[O-]. The van der Waals surface area contributed by atoms with Gasteiger partial charge in [0.05, 0.1) is 21.7 Å². The summed E-state index contributed by atoms with van der Waals surface area (Å²) < 4.78 is 6.39. The standard InChI is InChI=1S/C23H19N3O4S/c1-3-30-20-11-7-16(13-19(20)26(28)29)22(27)24-17-8-5-15(6-9-17)23-25-18-10-4-14(2)12-21(18)31-23/h4-13H,3H2,1-2H3,(H,24,27). The van der Waals surface area contributed by atoms with E-state index >= 15 is 0 Å². The molecule has 3 aromatic carbocycles. The summed E-state index contributed by atoms with van der Waals surface area (Å²) in [7, 11) is 0. The topological polar surface area (TPSA) is 94.4 Å². The number of nitrogens with one attached hydrogen (secondary N) is 1. The predicted molar refractivity (Wildman–Crippen MR) is 122 cm³/mol. The molecule has 0 aliphatic heterocycles.